The molecule has 0 aliphatic rings. The van der Waals surface area contributed by atoms with Crippen LogP contribution in [-0.2, 0) is 52.3 Å². The maximum atomic E-state index is 11.8. The third kappa shape index (κ3) is 20.5. The number of phenols is 3. The molecule has 8 rings (SSSR count). The second-order valence-electron chi connectivity index (χ2n) is 24.4. The first kappa shape index (κ1) is 70.1. The lowest BCUT2D eigenvalue weighted by Gasteiger charge is -2.24. The van der Waals surface area contributed by atoms with Crippen LogP contribution in [0, 0.1) is 0 Å². The quantitative estimate of drug-likeness (QED) is 0.0410. The zero-order valence-corrected chi connectivity index (χ0v) is 54.9. The number of rotatable bonds is 23. The minimum atomic E-state index is -0.388. The Morgan fingerprint density at radius 1 is 0.378 bits per heavy atom. The Labute approximate surface area is 533 Å². The maximum Gasteiger partial charge on any atom is 0.344 e. The zero-order chi connectivity index (χ0) is 65.5. The Bertz CT molecular complexity index is 3610. The number of benzene rings is 8. The molecule has 12 nitrogen and oxygen atoms in total. The van der Waals surface area contributed by atoms with Gasteiger partial charge < -0.3 is 43.7 Å². The van der Waals surface area contributed by atoms with E-state index >= 15 is 0 Å². The fourth-order valence-corrected chi connectivity index (χ4v) is 10.1. The van der Waals surface area contributed by atoms with Gasteiger partial charge in [0.25, 0.3) is 0 Å². The number of aromatic hydroxyl groups is 3. The van der Waals surface area contributed by atoms with Gasteiger partial charge >= 0.3 is 17.9 Å². The maximum absolute atomic E-state index is 11.8. The summed E-state index contributed by atoms with van der Waals surface area (Å²) in [4.78, 5) is 35.1. The van der Waals surface area contributed by atoms with Crippen LogP contribution in [0.1, 0.15) is 159 Å². The van der Waals surface area contributed by atoms with Gasteiger partial charge in [-0.15, -0.1) is 0 Å². The Balaban J connectivity index is 0.000000217. The summed E-state index contributed by atoms with van der Waals surface area (Å²) >= 11 is 0. The number of ether oxygens (including phenoxy) is 6. The van der Waals surface area contributed by atoms with Crippen LogP contribution in [0.5, 0.6) is 34.5 Å². The molecule has 0 saturated heterocycles. The molecule has 476 valence electrons. The highest BCUT2D eigenvalue weighted by atomic mass is 16.6. The molecule has 0 aromatic heterocycles. The van der Waals surface area contributed by atoms with Gasteiger partial charge in [0.2, 0.25) is 0 Å². The minimum Gasteiger partial charge on any atom is -0.508 e. The van der Waals surface area contributed by atoms with Gasteiger partial charge in [-0.3, -0.25) is 0 Å². The molecule has 2 atom stereocenters. The number of carbonyl (C=O) groups excluding carboxylic acids is 3. The lowest BCUT2D eigenvalue weighted by atomic mass is 9.82. The highest BCUT2D eigenvalue weighted by Crippen LogP contribution is 2.40. The van der Waals surface area contributed by atoms with Crippen LogP contribution in [0.2, 0.25) is 0 Å². The largest absolute Gasteiger partial charge is 0.508 e. The molecule has 0 saturated carbocycles. The van der Waals surface area contributed by atoms with E-state index in [1.54, 1.807) is 39.0 Å². The van der Waals surface area contributed by atoms with Crippen molar-refractivity contribution in [3.05, 3.63) is 214 Å². The summed E-state index contributed by atoms with van der Waals surface area (Å²) in [6.07, 6.45) is 3.25. The summed E-state index contributed by atoms with van der Waals surface area (Å²) in [6, 6.07) is 55.4. The van der Waals surface area contributed by atoms with E-state index in [1.165, 1.54) is 0 Å². The molecule has 0 aliphatic carbocycles. The second kappa shape index (κ2) is 33.5. The number of hydrogen-bond acceptors (Lipinski definition) is 12. The summed E-state index contributed by atoms with van der Waals surface area (Å²) in [5.41, 5.74) is 14.0. The average molecular weight is 1220 g/mol. The predicted molar refractivity (Wildman–Crippen MR) is 360 cm³/mol. The first-order chi connectivity index (χ1) is 43.0. The molecule has 0 fully saturated rings. The topological polar surface area (TPSA) is 167 Å². The van der Waals surface area contributed by atoms with Gasteiger partial charge in [-0.25, -0.2) is 14.4 Å². The Hall–Kier alpha value is -9.03. The van der Waals surface area contributed by atoms with Crippen LogP contribution in [0.15, 0.2) is 170 Å². The van der Waals surface area contributed by atoms with Gasteiger partial charge in [-0.2, -0.15) is 0 Å². The van der Waals surface area contributed by atoms with Gasteiger partial charge in [0.05, 0.1) is 19.8 Å². The number of phenolic OH excluding ortho intramolecular Hbond substituents is 3. The van der Waals surface area contributed by atoms with E-state index in [2.05, 4.69) is 118 Å². The van der Waals surface area contributed by atoms with Crippen LogP contribution >= 0.6 is 0 Å². The van der Waals surface area contributed by atoms with Crippen molar-refractivity contribution in [1.82, 2.24) is 0 Å². The lowest BCUT2D eigenvalue weighted by molar-refractivity contribution is -0.146. The molecule has 0 heterocycles. The molecule has 0 aliphatic heterocycles. The second-order valence-corrected chi connectivity index (χ2v) is 24.4. The molecule has 0 spiro atoms. The first-order valence-electron chi connectivity index (χ1n) is 31.3. The van der Waals surface area contributed by atoms with E-state index in [0.717, 1.165) is 90.7 Å². The Morgan fingerprint density at radius 2 is 0.733 bits per heavy atom. The Kier molecular flexibility index (Phi) is 26.1. The van der Waals surface area contributed by atoms with E-state index in [9.17, 15) is 29.7 Å². The molecule has 12 heteroatoms. The van der Waals surface area contributed by atoms with Crippen LogP contribution in [0.25, 0.3) is 33.4 Å². The van der Waals surface area contributed by atoms with Gasteiger partial charge in [-0.1, -0.05) is 166 Å². The fraction of sp³-hybridized carbons (Fsp3) is 0.346. The Morgan fingerprint density at radius 3 is 1.21 bits per heavy atom. The number of hydrogen-bond donors (Lipinski definition) is 3. The van der Waals surface area contributed by atoms with Crippen molar-refractivity contribution in [2.75, 3.05) is 39.6 Å². The predicted octanol–water partition coefficient (Wildman–Crippen LogP) is 17.8. The molecule has 8 aromatic rings. The first-order valence-corrected chi connectivity index (χ1v) is 31.3. The fourth-order valence-electron chi connectivity index (χ4n) is 10.1. The normalized spacial score (nSPS) is 11.8. The van der Waals surface area contributed by atoms with Crippen molar-refractivity contribution in [1.29, 1.82) is 0 Å². The SMILES string of the molecule is CCOC(=O)COc1ccc(-c2ccc(O)c(C(C)(C)C)c2)cc1C(C)(C)C.CCOC(=O)COc1ccc(-c2ccc(O)c(C(C)CC)c2)cc1C(C)CC.CCOC(=O)COc1ccc(-c2ccc(O)c(Cc3ccccc3)c2)cc1Cc1ccccc1. The van der Waals surface area contributed by atoms with E-state index in [0.29, 0.717) is 73.2 Å². The van der Waals surface area contributed by atoms with Gasteiger partial charge in [0.1, 0.15) is 34.5 Å². The highest BCUT2D eigenvalue weighted by Gasteiger charge is 2.24. The van der Waals surface area contributed by atoms with Crippen molar-refractivity contribution >= 4 is 17.9 Å². The molecular weight excluding hydrogens is 1130 g/mol. The molecule has 90 heavy (non-hydrogen) atoms. The summed E-state index contributed by atoms with van der Waals surface area (Å²) in [5, 5.41) is 30.9. The standard InChI is InChI=1S/C30H28O4.2C24H32O4/c1-2-33-30(32)21-34-29-16-14-25(20-27(29)18-23-11-7-4-8-12-23)24-13-15-28(31)26(19-24)17-22-9-5-3-6-10-22;1-8-27-22(26)15-28-21-12-10-17(14-19(21)24(5,6)7)16-9-11-20(25)18(13-16)23(2,3)4;1-6-16(4)20-13-18(9-11-22(20)25)19-10-12-23(21(14-19)17(5)7-2)28-15-24(26)27-8-3/h3-16,19-20,31H,2,17-18,21H2,1H3;9-14,25H,8,15H2,1-7H3;9-14,16-17,25H,6-8,15H2,1-5H3. The van der Waals surface area contributed by atoms with Crippen molar-refractivity contribution in [3.63, 3.8) is 0 Å². The van der Waals surface area contributed by atoms with Crippen LogP contribution in [0.3, 0.4) is 0 Å². The summed E-state index contributed by atoms with van der Waals surface area (Å²) in [6.45, 7) is 27.1. The van der Waals surface area contributed by atoms with Crippen LogP contribution < -0.4 is 14.2 Å². The van der Waals surface area contributed by atoms with Crippen molar-refractivity contribution < 1.29 is 58.1 Å². The summed E-state index contributed by atoms with van der Waals surface area (Å²) in [7, 11) is 0. The zero-order valence-electron chi connectivity index (χ0n) is 54.9. The van der Waals surface area contributed by atoms with Gasteiger partial charge in [0, 0.05) is 18.4 Å². The monoisotopic (exact) mass is 1220 g/mol. The van der Waals surface area contributed by atoms with Crippen molar-refractivity contribution in [2.45, 2.75) is 138 Å². The number of carbonyl (C=O) groups is 3. The van der Waals surface area contributed by atoms with Crippen LogP contribution in [-0.4, -0.2) is 72.9 Å². The minimum absolute atomic E-state index is 0.0893. The average Bonchev–Trinajstić information content (AvgIpc) is 0.941. The van der Waals surface area contributed by atoms with Crippen molar-refractivity contribution in [2.24, 2.45) is 0 Å². The molecule has 8 aromatic carbocycles. The van der Waals surface area contributed by atoms with E-state index in [4.69, 9.17) is 28.4 Å². The third-order valence-corrected chi connectivity index (χ3v) is 15.5. The molecule has 3 N–H and O–H groups in total. The lowest BCUT2D eigenvalue weighted by Crippen LogP contribution is -2.18. The molecule has 2 unspecified atom stereocenters. The van der Waals surface area contributed by atoms with Gasteiger partial charge in [0.15, 0.2) is 19.8 Å². The molecule has 0 bridgehead atoms. The summed E-state index contributed by atoms with van der Waals surface area (Å²) in [5.74, 6) is 2.45. The summed E-state index contributed by atoms with van der Waals surface area (Å²) < 4.78 is 32.2. The third-order valence-electron chi connectivity index (χ3n) is 15.5. The number of esters is 3. The molecule has 0 amide bonds. The highest BCUT2D eigenvalue weighted by molar-refractivity contribution is 5.74. The smallest absolute Gasteiger partial charge is 0.344 e. The molecular formula is C78H92O12. The van der Waals surface area contributed by atoms with Gasteiger partial charge in [-0.05, 0) is 201 Å². The van der Waals surface area contributed by atoms with E-state index in [-0.39, 0.29) is 54.3 Å². The van der Waals surface area contributed by atoms with E-state index in [1.807, 2.05) is 103 Å². The molecule has 0 radical (unpaired) electrons. The van der Waals surface area contributed by atoms with E-state index < -0.39 is 0 Å². The van der Waals surface area contributed by atoms with Crippen molar-refractivity contribution in [3.8, 4) is 67.9 Å². The van der Waals surface area contributed by atoms with Crippen LogP contribution in [0.4, 0.5) is 0 Å².